The largest absolute Gasteiger partial charge is 0.383 e. The monoisotopic (exact) mass is 250 g/mol. The molecule has 0 aliphatic rings. The van der Waals surface area contributed by atoms with E-state index in [9.17, 15) is 4.79 Å². The van der Waals surface area contributed by atoms with Gasteiger partial charge in [0, 0.05) is 27.2 Å². The van der Waals surface area contributed by atoms with E-state index in [2.05, 4.69) is 11.2 Å². The fourth-order valence-corrected chi connectivity index (χ4v) is 1.89. The molecule has 0 N–H and O–H groups in total. The first kappa shape index (κ1) is 14.2. The molecule has 1 aromatic rings. The molecule has 0 amide bonds. The van der Waals surface area contributed by atoms with Crippen LogP contribution in [0.5, 0.6) is 0 Å². The highest BCUT2D eigenvalue weighted by atomic mass is 16.5. The predicted octanol–water partition coefficient (Wildman–Crippen LogP) is 0.907. The van der Waals surface area contributed by atoms with Crippen molar-refractivity contribution in [3.05, 3.63) is 11.3 Å². The molecule has 0 aliphatic carbocycles. The zero-order valence-corrected chi connectivity index (χ0v) is 11.0. The summed E-state index contributed by atoms with van der Waals surface area (Å²) in [7, 11) is 3.42. The third kappa shape index (κ3) is 3.08. The molecule has 0 spiro atoms. The van der Waals surface area contributed by atoms with E-state index in [1.807, 2.05) is 4.90 Å². The van der Waals surface area contributed by atoms with Crippen molar-refractivity contribution >= 4 is 12.1 Å². The number of aldehydes is 1. The number of nitrogens with zero attached hydrogens (tertiary/aromatic N) is 4. The lowest BCUT2D eigenvalue weighted by molar-refractivity contribution is 0.112. The minimum Gasteiger partial charge on any atom is -0.383 e. The van der Waals surface area contributed by atoms with Gasteiger partial charge in [0.1, 0.15) is 5.82 Å². The molecule has 0 bridgehead atoms. The second kappa shape index (κ2) is 6.77. The lowest BCUT2D eigenvalue weighted by Gasteiger charge is -2.23. The van der Waals surface area contributed by atoms with E-state index in [-0.39, 0.29) is 0 Å². The van der Waals surface area contributed by atoms with E-state index in [0.29, 0.717) is 37.4 Å². The van der Waals surface area contributed by atoms with Gasteiger partial charge in [-0.05, 0) is 6.92 Å². The third-order valence-corrected chi connectivity index (χ3v) is 2.71. The van der Waals surface area contributed by atoms with Gasteiger partial charge in [0.05, 0.1) is 30.4 Å². The number of carbonyl (C=O) groups excluding carboxylic acids is 1. The second-order valence-corrected chi connectivity index (χ2v) is 3.95. The van der Waals surface area contributed by atoms with Gasteiger partial charge in [-0.15, -0.1) is 0 Å². The molecule has 6 heteroatoms. The third-order valence-electron chi connectivity index (χ3n) is 2.71. The predicted molar refractivity (Wildman–Crippen MR) is 67.7 cm³/mol. The minimum absolute atomic E-state index is 0.395. The Balaban J connectivity index is 3.03. The maximum atomic E-state index is 11.1. The van der Waals surface area contributed by atoms with Gasteiger partial charge in [0.2, 0.25) is 0 Å². The number of aryl methyl sites for hydroxylation is 2. The highest BCUT2D eigenvalue weighted by Gasteiger charge is 2.18. The Morgan fingerprint density at radius 3 is 2.83 bits per heavy atom. The number of hydrogen-bond acceptors (Lipinski definition) is 5. The van der Waals surface area contributed by atoms with E-state index >= 15 is 0 Å². The van der Waals surface area contributed by atoms with Crippen LogP contribution in [0.1, 0.15) is 22.5 Å². The SMILES string of the molecule is COCCN(CCC#N)c1c(C=O)c(C)nn1C. The average Bonchev–Trinajstić information content (AvgIpc) is 2.64. The Hall–Kier alpha value is -1.87. The summed E-state index contributed by atoms with van der Waals surface area (Å²) in [6, 6.07) is 2.11. The lowest BCUT2D eigenvalue weighted by atomic mass is 10.2. The van der Waals surface area contributed by atoms with E-state index in [0.717, 1.165) is 12.1 Å². The molecule has 18 heavy (non-hydrogen) atoms. The topological polar surface area (TPSA) is 71.2 Å². The van der Waals surface area contributed by atoms with Crippen LogP contribution in [0.3, 0.4) is 0 Å². The summed E-state index contributed by atoms with van der Waals surface area (Å²) >= 11 is 0. The normalized spacial score (nSPS) is 10.1. The molecule has 98 valence electrons. The van der Waals surface area contributed by atoms with Crippen LogP contribution < -0.4 is 4.90 Å². The fraction of sp³-hybridized carbons (Fsp3) is 0.583. The van der Waals surface area contributed by atoms with Crippen LogP contribution in [0.25, 0.3) is 0 Å². The van der Waals surface area contributed by atoms with Crippen LogP contribution in [0.2, 0.25) is 0 Å². The molecule has 0 fully saturated rings. The number of hydrogen-bond donors (Lipinski definition) is 0. The minimum atomic E-state index is 0.395. The molecule has 1 aromatic heterocycles. The molecule has 0 saturated carbocycles. The zero-order valence-electron chi connectivity index (χ0n) is 11.0. The first-order chi connectivity index (χ1) is 8.65. The Morgan fingerprint density at radius 1 is 1.56 bits per heavy atom. The number of ether oxygens (including phenoxy) is 1. The highest BCUT2D eigenvalue weighted by Crippen LogP contribution is 2.21. The van der Waals surface area contributed by atoms with Crippen molar-refractivity contribution in [2.24, 2.45) is 7.05 Å². The Labute approximate surface area is 107 Å². The van der Waals surface area contributed by atoms with E-state index in [1.165, 1.54) is 0 Å². The van der Waals surface area contributed by atoms with Gasteiger partial charge in [0.25, 0.3) is 0 Å². The van der Waals surface area contributed by atoms with E-state index in [4.69, 9.17) is 10.00 Å². The van der Waals surface area contributed by atoms with Crippen molar-refractivity contribution in [2.45, 2.75) is 13.3 Å². The summed E-state index contributed by atoms with van der Waals surface area (Å²) in [6.45, 7) is 3.51. The second-order valence-electron chi connectivity index (χ2n) is 3.95. The maximum Gasteiger partial charge on any atom is 0.155 e. The molecule has 0 saturated heterocycles. The van der Waals surface area contributed by atoms with Crippen LogP contribution >= 0.6 is 0 Å². The summed E-state index contributed by atoms with van der Waals surface area (Å²) < 4.78 is 6.72. The Morgan fingerprint density at radius 2 is 2.28 bits per heavy atom. The standard InChI is InChI=1S/C12H18N4O2/c1-10-11(9-17)12(15(2)14-10)16(6-4-5-13)7-8-18-3/h9H,4,6-8H2,1-3H3. The van der Waals surface area contributed by atoms with Gasteiger partial charge in [-0.1, -0.05) is 0 Å². The maximum absolute atomic E-state index is 11.1. The van der Waals surface area contributed by atoms with Crippen LogP contribution in [0.15, 0.2) is 0 Å². The highest BCUT2D eigenvalue weighted by molar-refractivity contribution is 5.84. The number of nitriles is 1. The Bertz CT molecular complexity index is 448. The van der Waals surface area contributed by atoms with Crippen molar-refractivity contribution < 1.29 is 9.53 Å². The average molecular weight is 250 g/mol. The molecule has 1 heterocycles. The van der Waals surface area contributed by atoms with Gasteiger partial charge >= 0.3 is 0 Å². The first-order valence-corrected chi connectivity index (χ1v) is 5.75. The molecule has 1 rings (SSSR count). The molecule has 0 unspecified atom stereocenters. The van der Waals surface area contributed by atoms with Crippen molar-refractivity contribution in [3.8, 4) is 6.07 Å². The number of anilines is 1. The first-order valence-electron chi connectivity index (χ1n) is 5.75. The zero-order chi connectivity index (χ0) is 13.5. The summed E-state index contributed by atoms with van der Waals surface area (Å²) in [5.41, 5.74) is 1.27. The molecule has 0 aromatic carbocycles. The number of aromatic nitrogens is 2. The summed E-state index contributed by atoms with van der Waals surface area (Å²) in [5, 5.41) is 12.9. The van der Waals surface area contributed by atoms with Crippen LogP contribution in [-0.4, -0.2) is 42.9 Å². The summed E-state index contributed by atoms with van der Waals surface area (Å²) in [4.78, 5) is 13.1. The fourth-order valence-electron chi connectivity index (χ4n) is 1.89. The van der Waals surface area contributed by atoms with Crippen molar-refractivity contribution in [2.75, 3.05) is 31.7 Å². The van der Waals surface area contributed by atoms with Crippen molar-refractivity contribution in [1.82, 2.24) is 9.78 Å². The van der Waals surface area contributed by atoms with Gasteiger partial charge in [-0.25, -0.2) is 0 Å². The molecular weight excluding hydrogens is 232 g/mol. The number of carbonyl (C=O) groups is 1. The smallest absolute Gasteiger partial charge is 0.155 e. The van der Waals surface area contributed by atoms with Gasteiger partial charge < -0.3 is 9.64 Å². The molecule has 0 aliphatic heterocycles. The summed E-state index contributed by atoms with van der Waals surface area (Å²) in [6.07, 6.45) is 1.20. The van der Waals surface area contributed by atoms with Crippen LogP contribution in [0.4, 0.5) is 5.82 Å². The van der Waals surface area contributed by atoms with Gasteiger partial charge in [-0.2, -0.15) is 10.4 Å². The molecule has 0 atom stereocenters. The van der Waals surface area contributed by atoms with Crippen molar-refractivity contribution in [1.29, 1.82) is 5.26 Å². The van der Waals surface area contributed by atoms with E-state index < -0.39 is 0 Å². The number of methoxy groups -OCH3 is 1. The van der Waals surface area contributed by atoms with Crippen molar-refractivity contribution in [3.63, 3.8) is 0 Å². The van der Waals surface area contributed by atoms with Gasteiger partial charge in [-0.3, -0.25) is 9.48 Å². The quantitative estimate of drug-likeness (QED) is 0.672. The van der Waals surface area contributed by atoms with E-state index in [1.54, 1.807) is 25.8 Å². The number of rotatable bonds is 7. The molecule has 6 nitrogen and oxygen atoms in total. The Kier molecular flexibility index (Phi) is 5.33. The van der Waals surface area contributed by atoms with Gasteiger partial charge in [0.15, 0.2) is 6.29 Å². The summed E-state index contributed by atoms with van der Waals surface area (Å²) in [5.74, 6) is 0.745. The van der Waals surface area contributed by atoms with Crippen LogP contribution in [0, 0.1) is 18.3 Å². The van der Waals surface area contributed by atoms with Crippen LogP contribution in [-0.2, 0) is 11.8 Å². The molecule has 0 radical (unpaired) electrons. The molecular formula is C12H18N4O2. The lowest BCUT2D eigenvalue weighted by Crippen LogP contribution is -2.30.